The van der Waals surface area contributed by atoms with Gasteiger partial charge in [0.25, 0.3) is 5.91 Å². The fourth-order valence-electron chi connectivity index (χ4n) is 2.09. The van der Waals surface area contributed by atoms with E-state index >= 15 is 0 Å². The van der Waals surface area contributed by atoms with E-state index in [1.54, 1.807) is 6.92 Å². The summed E-state index contributed by atoms with van der Waals surface area (Å²) in [5.41, 5.74) is 0. The molecule has 0 aliphatic rings. The third-order valence-corrected chi connectivity index (χ3v) is 3.53. The van der Waals surface area contributed by atoms with Gasteiger partial charge in [-0.25, -0.2) is 0 Å². The standard InChI is InChI=1S/C17H27NO2/c1-4-6-10-15(5-2)13-18-17(19)14(3)20-16-11-8-7-9-12-16/h7-9,11-12,14-15H,4-6,10,13H2,1-3H3,(H,18,19). The van der Waals surface area contributed by atoms with Gasteiger partial charge in [0, 0.05) is 6.54 Å². The molecule has 20 heavy (non-hydrogen) atoms. The Bertz CT molecular complexity index is 378. The van der Waals surface area contributed by atoms with Gasteiger partial charge in [0.2, 0.25) is 0 Å². The lowest BCUT2D eigenvalue weighted by Crippen LogP contribution is -2.38. The summed E-state index contributed by atoms with van der Waals surface area (Å²) in [7, 11) is 0. The van der Waals surface area contributed by atoms with E-state index in [-0.39, 0.29) is 5.91 Å². The van der Waals surface area contributed by atoms with E-state index in [1.165, 1.54) is 19.3 Å². The average Bonchev–Trinajstić information content (AvgIpc) is 2.48. The summed E-state index contributed by atoms with van der Waals surface area (Å²) in [5, 5.41) is 3.00. The molecular formula is C17H27NO2. The zero-order valence-corrected chi connectivity index (χ0v) is 12.9. The van der Waals surface area contributed by atoms with E-state index in [0.29, 0.717) is 5.92 Å². The second kappa shape index (κ2) is 9.40. The molecule has 1 amide bonds. The Balaban J connectivity index is 2.34. The molecule has 0 fully saturated rings. The fourth-order valence-corrected chi connectivity index (χ4v) is 2.09. The van der Waals surface area contributed by atoms with Gasteiger partial charge in [-0.15, -0.1) is 0 Å². The summed E-state index contributed by atoms with van der Waals surface area (Å²) >= 11 is 0. The maximum atomic E-state index is 12.0. The smallest absolute Gasteiger partial charge is 0.260 e. The van der Waals surface area contributed by atoms with Crippen molar-refractivity contribution >= 4 is 5.91 Å². The summed E-state index contributed by atoms with van der Waals surface area (Å²) < 4.78 is 5.61. The van der Waals surface area contributed by atoms with Gasteiger partial charge in [-0.05, 0) is 31.4 Å². The van der Waals surface area contributed by atoms with Crippen molar-refractivity contribution in [2.75, 3.05) is 6.54 Å². The molecule has 0 aromatic heterocycles. The number of unbranched alkanes of at least 4 members (excludes halogenated alkanes) is 1. The minimum absolute atomic E-state index is 0.0381. The van der Waals surface area contributed by atoms with Crippen molar-refractivity contribution in [3.05, 3.63) is 30.3 Å². The number of carbonyl (C=O) groups excluding carboxylic acids is 1. The Morgan fingerprint density at radius 3 is 2.55 bits per heavy atom. The number of nitrogens with one attached hydrogen (secondary N) is 1. The van der Waals surface area contributed by atoms with Gasteiger partial charge in [0.15, 0.2) is 6.10 Å². The lowest BCUT2D eigenvalue weighted by atomic mass is 9.99. The number of benzene rings is 1. The second-order valence-electron chi connectivity index (χ2n) is 5.23. The van der Waals surface area contributed by atoms with E-state index in [4.69, 9.17) is 4.74 Å². The first-order valence-electron chi connectivity index (χ1n) is 7.66. The number of hydrogen-bond acceptors (Lipinski definition) is 2. The quantitative estimate of drug-likeness (QED) is 0.746. The minimum atomic E-state index is -0.457. The molecule has 2 unspecified atom stereocenters. The fraction of sp³-hybridized carbons (Fsp3) is 0.588. The highest BCUT2D eigenvalue weighted by Crippen LogP contribution is 2.13. The van der Waals surface area contributed by atoms with Gasteiger partial charge in [-0.2, -0.15) is 0 Å². The Morgan fingerprint density at radius 1 is 1.25 bits per heavy atom. The van der Waals surface area contributed by atoms with Crippen LogP contribution in [0.15, 0.2) is 30.3 Å². The highest BCUT2D eigenvalue weighted by Gasteiger charge is 2.15. The van der Waals surface area contributed by atoms with Gasteiger partial charge in [-0.1, -0.05) is 51.3 Å². The number of ether oxygens (including phenoxy) is 1. The van der Waals surface area contributed by atoms with E-state index in [9.17, 15) is 4.79 Å². The van der Waals surface area contributed by atoms with Crippen molar-refractivity contribution in [1.29, 1.82) is 0 Å². The van der Waals surface area contributed by atoms with Crippen LogP contribution in [0.4, 0.5) is 0 Å². The molecule has 0 heterocycles. The first-order chi connectivity index (χ1) is 9.67. The summed E-state index contributed by atoms with van der Waals surface area (Å²) in [6.07, 6.45) is 4.26. The molecule has 2 atom stereocenters. The summed E-state index contributed by atoms with van der Waals surface area (Å²) in [4.78, 5) is 12.0. The Hall–Kier alpha value is -1.51. The molecule has 0 saturated heterocycles. The van der Waals surface area contributed by atoms with Crippen molar-refractivity contribution in [2.45, 2.75) is 52.6 Å². The molecule has 3 nitrogen and oxygen atoms in total. The average molecular weight is 277 g/mol. The minimum Gasteiger partial charge on any atom is -0.481 e. The van der Waals surface area contributed by atoms with Gasteiger partial charge in [0.1, 0.15) is 5.75 Å². The normalized spacial score (nSPS) is 13.6. The number of para-hydroxylation sites is 1. The van der Waals surface area contributed by atoms with Crippen molar-refractivity contribution in [3.63, 3.8) is 0 Å². The van der Waals surface area contributed by atoms with Crippen molar-refractivity contribution in [2.24, 2.45) is 5.92 Å². The van der Waals surface area contributed by atoms with Gasteiger partial charge in [0.05, 0.1) is 0 Å². The van der Waals surface area contributed by atoms with Gasteiger partial charge >= 0.3 is 0 Å². The lowest BCUT2D eigenvalue weighted by Gasteiger charge is -2.18. The molecule has 0 bridgehead atoms. The third kappa shape index (κ3) is 6.09. The first kappa shape index (κ1) is 16.5. The maximum absolute atomic E-state index is 12.0. The summed E-state index contributed by atoms with van der Waals surface area (Å²) in [6, 6.07) is 9.45. The molecule has 1 rings (SSSR count). The number of carbonyl (C=O) groups is 1. The van der Waals surface area contributed by atoms with E-state index in [1.807, 2.05) is 30.3 Å². The SMILES string of the molecule is CCCCC(CC)CNC(=O)C(C)Oc1ccccc1. The largest absolute Gasteiger partial charge is 0.481 e. The lowest BCUT2D eigenvalue weighted by molar-refractivity contribution is -0.127. The molecular weight excluding hydrogens is 250 g/mol. The van der Waals surface area contributed by atoms with Crippen LogP contribution in [0.5, 0.6) is 5.75 Å². The summed E-state index contributed by atoms with van der Waals surface area (Å²) in [5.74, 6) is 1.26. The third-order valence-electron chi connectivity index (χ3n) is 3.53. The van der Waals surface area contributed by atoms with Crippen LogP contribution in [-0.2, 0) is 4.79 Å². The highest BCUT2D eigenvalue weighted by atomic mass is 16.5. The number of hydrogen-bond donors (Lipinski definition) is 1. The van der Waals surface area contributed by atoms with Crippen LogP contribution in [0.2, 0.25) is 0 Å². The first-order valence-corrected chi connectivity index (χ1v) is 7.66. The van der Waals surface area contributed by atoms with Crippen LogP contribution in [0, 0.1) is 5.92 Å². The predicted octanol–water partition coefficient (Wildman–Crippen LogP) is 3.79. The Kier molecular flexibility index (Phi) is 7.78. The van der Waals surface area contributed by atoms with Crippen molar-refractivity contribution in [3.8, 4) is 5.75 Å². The maximum Gasteiger partial charge on any atom is 0.260 e. The van der Waals surface area contributed by atoms with Crippen LogP contribution < -0.4 is 10.1 Å². The molecule has 112 valence electrons. The molecule has 0 aliphatic heterocycles. The predicted molar refractivity (Wildman–Crippen MR) is 82.8 cm³/mol. The van der Waals surface area contributed by atoms with Crippen LogP contribution in [-0.4, -0.2) is 18.6 Å². The second-order valence-corrected chi connectivity index (χ2v) is 5.23. The molecule has 0 saturated carbocycles. The van der Waals surface area contributed by atoms with Crippen LogP contribution >= 0.6 is 0 Å². The summed E-state index contributed by atoms with van der Waals surface area (Å²) in [6.45, 7) is 6.91. The molecule has 1 N–H and O–H groups in total. The molecule has 1 aromatic rings. The van der Waals surface area contributed by atoms with E-state index in [2.05, 4.69) is 19.2 Å². The molecule has 1 aromatic carbocycles. The van der Waals surface area contributed by atoms with Crippen LogP contribution in [0.3, 0.4) is 0 Å². The highest BCUT2D eigenvalue weighted by molar-refractivity contribution is 5.80. The van der Waals surface area contributed by atoms with Gasteiger partial charge in [-0.3, -0.25) is 4.79 Å². The van der Waals surface area contributed by atoms with Gasteiger partial charge < -0.3 is 10.1 Å². The molecule has 0 radical (unpaired) electrons. The van der Waals surface area contributed by atoms with Crippen molar-refractivity contribution in [1.82, 2.24) is 5.32 Å². The topological polar surface area (TPSA) is 38.3 Å². The zero-order valence-electron chi connectivity index (χ0n) is 12.9. The zero-order chi connectivity index (χ0) is 14.8. The Morgan fingerprint density at radius 2 is 1.95 bits per heavy atom. The monoisotopic (exact) mass is 277 g/mol. The number of rotatable bonds is 9. The Labute approximate surface area is 122 Å². The van der Waals surface area contributed by atoms with Crippen LogP contribution in [0.1, 0.15) is 46.5 Å². The molecule has 0 spiro atoms. The molecule has 3 heteroatoms. The van der Waals surface area contributed by atoms with E-state index in [0.717, 1.165) is 18.7 Å². The van der Waals surface area contributed by atoms with E-state index < -0.39 is 6.10 Å². The van der Waals surface area contributed by atoms with Crippen LogP contribution in [0.25, 0.3) is 0 Å². The number of amides is 1. The van der Waals surface area contributed by atoms with Crippen molar-refractivity contribution < 1.29 is 9.53 Å². The molecule has 0 aliphatic carbocycles.